The van der Waals surface area contributed by atoms with Crippen molar-refractivity contribution in [2.24, 2.45) is 0 Å². The molecule has 0 radical (unpaired) electrons. The van der Waals surface area contributed by atoms with Gasteiger partial charge in [-0.3, -0.25) is 10.1 Å². The monoisotopic (exact) mass is 449 g/mol. The fraction of sp³-hybridized carbons (Fsp3) is 0.273. The molecule has 1 saturated carbocycles. The van der Waals surface area contributed by atoms with Crippen LogP contribution >= 0.6 is 0 Å². The van der Waals surface area contributed by atoms with Crippen molar-refractivity contribution in [2.45, 2.75) is 25.2 Å². The first-order chi connectivity index (χ1) is 16.1. The molecule has 0 bridgehead atoms. The number of anilines is 3. The van der Waals surface area contributed by atoms with Gasteiger partial charge in [0.1, 0.15) is 12.1 Å². The van der Waals surface area contributed by atoms with Crippen LogP contribution in [0.3, 0.4) is 0 Å². The lowest BCUT2D eigenvalue weighted by atomic mass is 10.1. The number of carbonyl (C=O) groups is 2. The first-order valence-corrected chi connectivity index (χ1v) is 10.5. The molecular formula is C22H20FN7O3. The SMILES string of the molecule is O=C(Nc1cccc(F)c1C(=O)N1CCC1)Oc1nc(C2CC2)cnc1Nc1cncnc1. The number of amides is 2. The van der Waals surface area contributed by atoms with Crippen molar-refractivity contribution in [1.29, 1.82) is 0 Å². The molecule has 3 heterocycles. The van der Waals surface area contributed by atoms with Crippen molar-refractivity contribution >= 4 is 29.2 Å². The van der Waals surface area contributed by atoms with Crippen molar-refractivity contribution in [3.63, 3.8) is 0 Å². The van der Waals surface area contributed by atoms with Gasteiger partial charge in [0, 0.05) is 19.0 Å². The molecule has 2 aromatic heterocycles. The van der Waals surface area contributed by atoms with Crippen LogP contribution in [0.2, 0.25) is 0 Å². The molecule has 2 fully saturated rings. The molecule has 0 spiro atoms. The number of carbonyl (C=O) groups excluding carboxylic acids is 2. The Bertz CT molecular complexity index is 1200. The molecule has 33 heavy (non-hydrogen) atoms. The molecule has 1 aliphatic carbocycles. The van der Waals surface area contributed by atoms with E-state index in [1.165, 1.54) is 41.8 Å². The van der Waals surface area contributed by atoms with Gasteiger partial charge in [0.15, 0.2) is 5.82 Å². The lowest BCUT2D eigenvalue weighted by molar-refractivity contribution is 0.0648. The molecule has 168 valence electrons. The number of hydrogen-bond acceptors (Lipinski definition) is 8. The van der Waals surface area contributed by atoms with Gasteiger partial charge in [-0.25, -0.2) is 29.1 Å². The van der Waals surface area contributed by atoms with Crippen LogP contribution < -0.4 is 15.4 Å². The second-order valence-electron chi connectivity index (χ2n) is 7.80. The van der Waals surface area contributed by atoms with Crippen LogP contribution in [0.25, 0.3) is 0 Å². The van der Waals surface area contributed by atoms with E-state index in [9.17, 15) is 14.0 Å². The van der Waals surface area contributed by atoms with E-state index in [1.54, 1.807) is 6.20 Å². The van der Waals surface area contributed by atoms with Crippen molar-refractivity contribution in [3.05, 3.63) is 60.2 Å². The third-order valence-corrected chi connectivity index (χ3v) is 5.37. The summed E-state index contributed by atoms with van der Waals surface area (Å²) in [6.07, 6.45) is 8.01. The quantitative estimate of drug-likeness (QED) is 0.587. The van der Waals surface area contributed by atoms with Gasteiger partial charge in [0.05, 0.1) is 41.2 Å². The Morgan fingerprint density at radius 3 is 2.61 bits per heavy atom. The van der Waals surface area contributed by atoms with Gasteiger partial charge in [-0.15, -0.1) is 0 Å². The molecule has 5 rings (SSSR count). The molecule has 1 saturated heterocycles. The summed E-state index contributed by atoms with van der Waals surface area (Å²) in [4.78, 5) is 43.5. The lowest BCUT2D eigenvalue weighted by Crippen LogP contribution is -2.42. The molecule has 0 atom stereocenters. The van der Waals surface area contributed by atoms with Crippen LogP contribution in [0, 0.1) is 5.82 Å². The zero-order valence-electron chi connectivity index (χ0n) is 17.5. The van der Waals surface area contributed by atoms with E-state index in [-0.39, 0.29) is 28.9 Å². The van der Waals surface area contributed by atoms with Crippen LogP contribution in [0.15, 0.2) is 43.1 Å². The van der Waals surface area contributed by atoms with Gasteiger partial charge in [0.2, 0.25) is 0 Å². The Balaban J connectivity index is 1.38. The topological polar surface area (TPSA) is 122 Å². The summed E-state index contributed by atoms with van der Waals surface area (Å²) in [5.74, 6) is -0.766. The Morgan fingerprint density at radius 1 is 1.12 bits per heavy atom. The van der Waals surface area contributed by atoms with E-state index >= 15 is 0 Å². The molecule has 3 aromatic rings. The van der Waals surface area contributed by atoms with E-state index < -0.39 is 17.8 Å². The van der Waals surface area contributed by atoms with E-state index in [4.69, 9.17) is 4.74 Å². The molecule has 11 heteroatoms. The van der Waals surface area contributed by atoms with Crippen LogP contribution in [-0.2, 0) is 0 Å². The highest BCUT2D eigenvalue weighted by atomic mass is 19.1. The van der Waals surface area contributed by atoms with E-state index in [1.807, 2.05) is 0 Å². The van der Waals surface area contributed by atoms with Crippen LogP contribution in [0.5, 0.6) is 5.88 Å². The van der Waals surface area contributed by atoms with Gasteiger partial charge < -0.3 is 15.0 Å². The minimum atomic E-state index is -0.923. The van der Waals surface area contributed by atoms with Crippen molar-refractivity contribution in [3.8, 4) is 5.88 Å². The summed E-state index contributed by atoms with van der Waals surface area (Å²) < 4.78 is 19.9. The summed E-state index contributed by atoms with van der Waals surface area (Å²) in [5.41, 5.74) is 1.07. The summed E-state index contributed by atoms with van der Waals surface area (Å²) in [5, 5.41) is 5.44. The zero-order valence-corrected chi connectivity index (χ0v) is 17.5. The number of nitrogens with zero attached hydrogens (tertiary/aromatic N) is 5. The number of rotatable bonds is 6. The predicted molar refractivity (Wildman–Crippen MR) is 116 cm³/mol. The third-order valence-electron chi connectivity index (χ3n) is 5.37. The highest BCUT2D eigenvalue weighted by Crippen LogP contribution is 2.40. The van der Waals surface area contributed by atoms with Gasteiger partial charge in [-0.2, -0.15) is 0 Å². The maximum Gasteiger partial charge on any atom is 0.418 e. The second-order valence-corrected chi connectivity index (χ2v) is 7.80. The molecule has 0 unspecified atom stereocenters. The number of halogens is 1. The number of hydrogen-bond donors (Lipinski definition) is 2. The summed E-state index contributed by atoms with van der Waals surface area (Å²) in [6, 6.07) is 4.04. The minimum Gasteiger partial charge on any atom is -0.387 e. The average molecular weight is 449 g/mol. The normalized spacial score (nSPS) is 14.9. The fourth-order valence-corrected chi connectivity index (χ4v) is 3.36. The van der Waals surface area contributed by atoms with Crippen LogP contribution in [0.4, 0.5) is 26.4 Å². The Kier molecular flexibility index (Phi) is 5.51. The second kappa shape index (κ2) is 8.77. The number of benzene rings is 1. The lowest BCUT2D eigenvalue weighted by Gasteiger charge is -2.31. The minimum absolute atomic E-state index is 0.0224. The molecule has 2 N–H and O–H groups in total. The molecule has 10 nitrogen and oxygen atoms in total. The highest BCUT2D eigenvalue weighted by Gasteiger charge is 2.29. The molecule has 2 amide bonds. The van der Waals surface area contributed by atoms with E-state index in [2.05, 4.69) is 30.6 Å². The van der Waals surface area contributed by atoms with Gasteiger partial charge in [0.25, 0.3) is 11.8 Å². The molecule has 1 aliphatic heterocycles. The van der Waals surface area contributed by atoms with Gasteiger partial charge in [-0.1, -0.05) is 6.07 Å². The number of likely N-dealkylation sites (tertiary alicyclic amines) is 1. The standard InChI is InChI=1S/C22H20FN7O3/c23-15-3-1-4-16(18(15)21(31)30-7-2-8-30)29-22(32)33-20-19(27-14-9-24-12-25-10-14)26-11-17(28-20)13-5-6-13/h1,3-4,9-13H,2,5-8H2,(H,26,27)(H,29,32). The Labute approximate surface area is 188 Å². The van der Waals surface area contributed by atoms with Gasteiger partial charge in [-0.05, 0) is 31.4 Å². The summed E-state index contributed by atoms with van der Waals surface area (Å²) >= 11 is 0. The summed E-state index contributed by atoms with van der Waals surface area (Å²) in [6.45, 7) is 1.11. The highest BCUT2D eigenvalue weighted by molar-refractivity contribution is 6.03. The Hall–Kier alpha value is -4.15. The first-order valence-electron chi connectivity index (χ1n) is 10.5. The number of nitrogens with one attached hydrogen (secondary N) is 2. The van der Waals surface area contributed by atoms with Crippen molar-refractivity contribution < 1.29 is 18.7 Å². The molecule has 2 aliphatic rings. The summed E-state index contributed by atoms with van der Waals surface area (Å²) in [7, 11) is 0. The third kappa shape index (κ3) is 4.56. The van der Waals surface area contributed by atoms with Crippen molar-refractivity contribution in [2.75, 3.05) is 23.7 Å². The number of ether oxygens (including phenoxy) is 1. The van der Waals surface area contributed by atoms with E-state index in [0.29, 0.717) is 24.5 Å². The average Bonchev–Trinajstić information content (AvgIpc) is 3.60. The van der Waals surface area contributed by atoms with Crippen LogP contribution in [-0.4, -0.2) is 49.9 Å². The predicted octanol–water partition coefficient (Wildman–Crippen LogP) is 3.48. The fourth-order valence-electron chi connectivity index (χ4n) is 3.36. The van der Waals surface area contributed by atoms with Crippen LogP contribution in [0.1, 0.15) is 41.2 Å². The van der Waals surface area contributed by atoms with Crippen molar-refractivity contribution in [1.82, 2.24) is 24.8 Å². The first kappa shape index (κ1) is 20.7. The number of aromatic nitrogens is 4. The van der Waals surface area contributed by atoms with Gasteiger partial charge >= 0.3 is 6.09 Å². The maximum absolute atomic E-state index is 14.5. The zero-order chi connectivity index (χ0) is 22.8. The molecule has 1 aromatic carbocycles. The smallest absolute Gasteiger partial charge is 0.387 e. The molecular weight excluding hydrogens is 429 g/mol. The Morgan fingerprint density at radius 2 is 1.91 bits per heavy atom. The maximum atomic E-state index is 14.5. The largest absolute Gasteiger partial charge is 0.418 e. The van der Waals surface area contributed by atoms with E-state index in [0.717, 1.165) is 19.3 Å².